The molecule has 2 aromatic heterocycles. The van der Waals surface area contributed by atoms with Gasteiger partial charge in [0.25, 0.3) is 5.56 Å². The lowest BCUT2D eigenvalue weighted by Crippen LogP contribution is -2.23. The van der Waals surface area contributed by atoms with Crippen molar-refractivity contribution >= 4 is 28.4 Å². The Bertz CT molecular complexity index is 1210. The number of hydrogen-bond acceptors (Lipinski definition) is 5. The number of para-hydroxylation sites is 2. The first-order chi connectivity index (χ1) is 14.1. The number of methoxy groups -OCH3 is 1. The number of benzene rings is 2. The fraction of sp³-hybridized carbons (Fsp3) is 0.318. The number of hydrogen-bond donors (Lipinski definition) is 0. The van der Waals surface area contributed by atoms with Gasteiger partial charge >= 0.3 is 0 Å². The van der Waals surface area contributed by atoms with Gasteiger partial charge in [-0.05, 0) is 36.1 Å². The second-order valence-electron chi connectivity index (χ2n) is 7.18. The lowest BCUT2D eigenvalue weighted by atomic mass is 10.0. The van der Waals surface area contributed by atoms with Crippen molar-refractivity contribution in [2.24, 2.45) is 0 Å². The summed E-state index contributed by atoms with van der Waals surface area (Å²) in [5.74, 6) is 1.68. The van der Waals surface area contributed by atoms with E-state index in [0.717, 1.165) is 34.1 Å². The summed E-state index contributed by atoms with van der Waals surface area (Å²) in [6, 6.07) is 15.6. The monoisotopic (exact) mass is 408 g/mol. The maximum atomic E-state index is 13.5. The Morgan fingerprint density at radius 1 is 1.07 bits per heavy atom. The number of nitrogens with zero attached hydrogens (tertiary/aromatic N) is 4. The third-order valence-corrected chi connectivity index (χ3v) is 5.93. The van der Waals surface area contributed by atoms with Crippen molar-refractivity contribution in [1.29, 1.82) is 0 Å². The summed E-state index contributed by atoms with van der Waals surface area (Å²) in [5, 5.41) is 10.3. The Morgan fingerprint density at radius 3 is 2.62 bits per heavy atom. The molecule has 0 N–H and O–H groups in total. The summed E-state index contributed by atoms with van der Waals surface area (Å²) in [7, 11) is 1.70. The molecule has 0 fully saturated rings. The van der Waals surface area contributed by atoms with Gasteiger partial charge in [0.15, 0.2) is 5.16 Å². The van der Waals surface area contributed by atoms with Crippen LogP contribution >= 0.6 is 11.8 Å². The van der Waals surface area contributed by atoms with Gasteiger partial charge in [0.05, 0.1) is 16.6 Å². The van der Waals surface area contributed by atoms with Crippen LogP contribution in [-0.2, 0) is 4.74 Å². The van der Waals surface area contributed by atoms with E-state index in [1.165, 1.54) is 0 Å². The Labute approximate surface area is 173 Å². The molecule has 0 aliphatic heterocycles. The normalized spacial score (nSPS) is 11.7. The van der Waals surface area contributed by atoms with E-state index in [1.807, 2.05) is 46.9 Å². The lowest BCUT2D eigenvalue weighted by Gasteiger charge is -2.16. The lowest BCUT2D eigenvalue weighted by molar-refractivity contribution is 0.200. The maximum absolute atomic E-state index is 13.5. The van der Waals surface area contributed by atoms with E-state index in [0.29, 0.717) is 17.8 Å². The quantitative estimate of drug-likeness (QED) is 0.337. The molecule has 7 heteroatoms. The predicted octanol–water partition coefficient (Wildman–Crippen LogP) is 4.29. The highest BCUT2D eigenvalue weighted by Crippen LogP contribution is 2.27. The van der Waals surface area contributed by atoms with Crippen LogP contribution < -0.4 is 5.56 Å². The molecule has 0 radical (unpaired) electrons. The van der Waals surface area contributed by atoms with E-state index in [2.05, 4.69) is 30.1 Å². The molecule has 0 saturated carbocycles. The van der Waals surface area contributed by atoms with Crippen LogP contribution in [0.4, 0.5) is 0 Å². The molecule has 0 unspecified atom stereocenters. The molecule has 0 bridgehead atoms. The van der Waals surface area contributed by atoms with Gasteiger partial charge < -0.3 is 4.74 Å². The highest BCUT2D eigenvalue weighted by molar-refractivity contribution is 7.99. The molecule has 150 valence electrons. The third kappa shape index (κ3) is 3.56. The Balaban J connectivity index is 1.99. The summed E-state index contributed by atoms with van der Waals surface area (Å²) in [6.45, 7) is 4.96. The Kier molecular flexibility index (Phi) is 5.69. The summed E-state index contributed by atoms with van der Waals surface area (Å²) >= 11 is 1.63. The molecule has 0 spiro atoms. The minimum absolute atomic E-state index is 0.0791. The molecule has 0 amide bonds. The molecular weight excluding hydrogens is 384 g/mol. The van der Waals surface area contributed by atoms with E-state index in [4.69, 9.17) is 4.74 Å². The standard InChI is InChI=1S/C22H24N4O2S/c1-15(2)16-9-4-6-11-18(16)25-20(27)17-10-5-7-12-19(17)26-21(25)23-24-22(26)29-14-8-13-28-3/h4-7,9-12,15H,8,13-14H2,1-3H3. The fourth-order valence-electron chi connectivity index (χ4n) is 3.54. The zero-order chi connectivity index (χ0) is 20.4. The minimum atomic E-state index is -0.0791. The van der Waals surface area contributed by atoms with Crippen molar-refractivity contribution in [3.8, 4) is 5.69 Å². The van der Waals surface area contributed by atoms with Crippen molar-refractivity contribution in [3.63, 3.8) is 0 Å². The van der Waals surface area contributed by atoms with E-state index in [1.54, 1.807) is 23.4 Å². The molecule has 0 atom stereocenters. The minimum Gasteiger partial charge on any atom is -0.385 e. The van der Waals surface area contributed by atoms with Gasteiger partial charge in [-0.1, -0.05) is 55.9 Å². The van der Waals surface area contributed by atoms with Crippen molar-refractivity contribution in [3.05, 3.63) is 64.4 Å². The summed E-state index contributed by atoms with van der Waals surface area (Å²) in [6.07, 6.45) is 0.920. The number of aromatic nitrogens is 4. The van der Waals surface area contributed by atoms with Gasteiger partial charge in [0, 0.05) is 19.5 Å². The SMILES string of the molecule is COCCCSc1nnc2n(-c3ccccc3C(C)C)c(=O)c3ccccc3n12. The van der Waals surface area contributed by atoms with Crippen LogP contribution in [0.15, 0.2) is 58.5 Å². The largest absolute Gasteiger partial charge is 0.385 e. The molecule has 0 aliphatic carbocycles. The molecular formula is C22H24N4O2S. The second-order valence-corrected chi connectivity index (χ2v) is 8.25. The first kappa shape index (κ1) is 19.7. The van der Waals surface area contributed by atoms with E-state index in [9.17, 15) is 4.79 Å². The molecule has 4 rings (SSSR count). The van der Waals surface area contributed by atoms with Crippen molar-refractivity contribution < 1.29 is 4.74 Å². The Morgan fingerprint density at radius 2 is 1.83 bits per heavy atom. The second kappa shape index (κ2) is 8.39. The van der Waals surface area contributed by atoms with Gasteiger partial charge in [-0.25, -0.2) is 4.57 Å². The number of fused-ring (bicyclic) bond motifs is 3. The molecule has 0 saturated heterocycles. The number of thioether (sulfide) groups is 1. The van der Waals surface area contributed by atoms with Gasteiger partial charge in [-0.2, -0.15) is 0 Å². The Hall–Kier alpha value is -2.64. The molecule has 4 aromatic rings. The molecule has 29 heavy (non-hydrogen) atoms. The average Bonchev–Trinajstić information content (AvgIpc) is 3.15. The van der Waals surface area contributed by atoms with Crippen LogP contribution in [0.25, 0.3) is 22.4 Å². The topological polar surface area (TPSA) is 61.4 Å². The van der Waals surface area contributed by atoms with Gasteiger partial charge in [-0.15, -0.1) is 10.2 Å². The van der Waals surface area contributed by atoms with Crippen molar-refractivity contribution in [2.45, 2.75) is 31.3 Å². The van der Waals surface area contributed by atoms with Gasteiger partial charge in [0.1, 0.15) is 0 Å². The molecule has 2 heterocycles. The summed E-state index contributed by atoms with van der Waals surface area (Å²) in [5.41, 5.74) is 2.70. The van der Waals surface area contributed by atoms with Gasteiger partial charge in [-0.3, -0.25) is 9.20 Å². The van der Waals surface area contributed by atoms with Crippen LogP contribution in [0, 0.1) is 0 Å². The highest BCUT2D eigenvalue weighted by atomic mass is 32.2. The third-order valence-electron chi connectivity index (χ3n) is 4.92. The first-order valence-corrected chi connectivity index (χ1v) is 10.7. The van der Waals surface area contributed by atoms with E-state index in [-0.39, 0.29) is 11.5 Å². The van der Waals surface area contributed by atoms with Crippen LogP contribution in [0.2, 0.25) is 0 Å². The number of rotatable bonds is 7. The summed E-state index contributed by atoms with van der Waals surface area (Å²) < 4.78 is 8.84. The zero-order valence-corrected chi connectivity index (χ0v) is 17.6. The highest BCUT2D eigenvalue weighted by Gasteiger charge is 2.19. The van der Waals surface area contributed by atoms with Crippen LogP contribution in [0.3, 0.4) is 0 Å². The van der Waals surface area contributed by atoms with Crippen LogP contribution in [0.5, 0.6) is 0 Å². The van der Waals surface area contributed by atoms with Crippen molar-refractivity contribution in [1.82, 2.24) is 19.2 Å². The van der Waals surface area contributed by atoms with Crippen LogP contribution in [0.1, 0.15) is 31.7 Å². The van der Waals surface area contributed by atoms with E-state index >= 15 is 0 Å². The first-order valence-electron chi connectivity index (χ1n) is 9.73. The average molecular weight is 409 g/mol. The van der Waals surface area contributed by atoms with Crippen molar-refractivity contribution in [2.75, 3.05) is 19.5 Å². The van der Waals surface area contributed by atoms with Crippen LogP contribution in [-0.4, -0.2) is 38.6 Å². The molecule has 2 aromatic carbocycles. The summed E-state index contributed by atoms with van der Waals surface area (Å²) in [4.78, 5) is 13.5. The zero-order valence-electron chi connectivity index (χ0n) is 16.8. The molecule has 0 aliphatic rings. The van der Waals surface area contributed by atoms with E-state index < -0.39 is 0 Å². The van der Waals surface area contributed by atoms with Gasteiger partial charge in [0.2, 0.25) is 5.78 Å². The maximum Gasteiger partial charge on any atom is 0.267 e. The predicted molar refractivity (Wildman–Crippen MR) is 117 cm³/mol. The smallest absolute Gasteiger partial charge is 0.267 e. The molecule has 6 nitrogen and oxygen atoms in total. The fourth-order valence-corrected chi connectivity index (χ4v) is 4.39. The number of ether oxygens (including phenoxy) is 1.